The summed E-state index contributed by atoms with van der Waals surface area (Å²) in [6.07, 6.45) is 1.35. The normalized spacial score (nSPS) is 16.7. The molecule has 0 spiro atoms. The first-order valence-electron chi connectivity index (χ1n) is 7.25. The van der Waals surface area contributed by atoms with Gasteiger partial charge in [-0.1, -0.05) is 17.3 Å². The molecule has 0 saturated heterocycles. The van der Waals surface area contributed by atoms with Crippen molar-refractivity contribution in [2.45, 2.75) is 19.4 Å². The number of methoxy groups -OCH3 is 1. The standard InChI is InChI=1S/C16H18N4O3/c1-10-13(9-17-20(10)2)18-16(21)15-8-12(19-23-15)11-6-4-5-7-14(11)22-3/h4-7,9,15H,8H2,1-3H3,(H,18,21). The second-order valence-electron chi connectivity index (χ2n) is 5.29. The number of nitrogens with zero attached hydrogens (tertiary/aromatic N) is 3. The van der Waals surface area contributed by atoms with Crippen LogP contribution in [0.5, 0.6) is 5.75 Å². The van der Waals surface area contributed by atoms with Crippen LogP contribution >= 0.6 is 0 Å². The maximum absolute atomic E-state index is 12.3. The average Bonchev–Trinajstić information content (AvgIpc) is 3.17. The number of carbonyl (C=O) groups excluding carboxylic acids is 1. The third-order valence-corrected chi connectivity index (χ3v) is 3.87. The lowest BCUT2D eigenvalue weighted by Crippen LogP contribution is -2.28. The Morgan fingerprint density at radius 2 is 2.22 bits per heavy atom. The molecule has 1 aliphatic heterocycles. The highest BCUT2D eigenvalue weighted by atomic mass is 16.6. The maximum atomic E-state index is 12.3. The largest absolute Gasteiger partial charge is 0.496 e. The molecule has 3 rings (SSSR count). The molecule has 0 radical (unpaired) electrons. The van der Waals surface area contributed by atoms with Gasteiger partial charge in [0, 0.05) is 19.0 Å². The number of rotatable bonds is 4. The summed E-state index contributed by atoms with van der Waals surface area (Å²) in [5.41, 5.74) is 3.09. The molecule has 1 aromatic carbocycles. The number of benzene rings is 1. The third kappa shape index (κ3) is 2.90. The van der Waals surface area contributed by atoms with Gasteiger partial charge in [0.1, 0.15) is 5.75 Å². The molecule has 0 bridgehead atoms. The zero-order chi connectivity index (χ0) is 16.4. The first kappa shape index (κ1) is 15.1. The topological polar surface area (TPSA) is 77.7 Å². The van der Waals surface area contributed by atoms with Crippen molar-refractivity contribution in [2.75, 3.05) is 12.4 Å². The van der Waals surface area contributed by atoms with Gasteiger partial charge >= 0.3 is 0 Å². The summed E-state index contributed by atoms with van der Waals surface area (Å²) in [4.78, 5) is 17.6. The Morgan fingerprint density at radius 3 is 2.91 bits per heavy atom. The predicted octanol–water partition coefficient (Wildman–Crippen LogP) is 1.87. The van der Waals surface area contributed by atoms with E-state index in [-0.39, 0.29) is 5.91 Å². The fourth-order valence-corrected chi connectivity index (χ4v) is 2.39. The molecule has 0 aliphatic carbocycles. The summed E-state index contributed by atoms with van der Waals surface area (Å²) < 4.78 is 7.02. The molecule has 0 fully saturated rings. The number of aromatic nitrogens is 2. The number of para-hydroxylation sites is 1. The minimum Gasteiger partial charge on any atom is -0.496 e. The van der Waals surface area contributed by atoms with E-state index in [1.807, 2.05) is 38.2 Å². The molecular weight excluding hydrogens is 296 g/mol. The average molecular weight is 314 g/mol. The predicted molar refractivity (Wildman–Crippen MR) is 85.6 cm³/mol. The molecule has 1 atom stereocenters. The minimum absolute atomic E-state index is 0.241. The van der Waals surface area contributed by atoms with Crippen molar-refractivity contribution < 1.29 is 14.4 Å². The van der Waals surface area contributed by atoms with E-state index in [9.17, 15) is 4.79 Å². The second kappa shape index (κ2) is 6.12. The highest BCUT2D eigenvalue weighted by Crippen LogP contribution is 2.25. The van der Waals surface area contributed by atoms with Gasteiger partial charge in [0.25, 0.3) is 5.91 Å². The number of anilines is 1. The van der Waals surface area contributed by atoms with Gasteiger partial charge in [-0.3, -0.25) is 9.48 Å². The summed E-state index contributed by atoms with van der Waals surface area (Å²) in [5, 5.41) is 11.0. The monoisotopic (exact) mass is 314 g/mol. The number of hydrogen-bond acceptors (Lipinski definition) is 5. The Hall–Kier alpha value is -2.83. The van der Waals surface area contributed by atoms with Gasteiger partial charge in [-0.25, -0.2) is 0 Å². The van der Waals surface area contributed by atoms with Gasteiger partial charge in [-0.05, 0) is 19.1 Å². The van der Waals surface area contributed by atoms with E-state index in [1.54, 1.807) is 18.0 Å². The van der Waals surface area contributed by atoms with Crippen molar-refractivity contribution in [3.05, 3.63) is 41.7 Å². The summed E-state index contributed by atoms with van der Waals surface area (Å²) in [5.74, 6) is 0.466. The third-order valence-electron chi connectivity index (χ3n) is 3.87. The lowest BCUT2D eigenvalue weighted by atomic mass is 10.0. The minimum atomic E-state index is -0.658. The van der Waals surface area contributed by atoms with Crippen molar-refractivity contribution >= 4 is 17.3 Å². The first-order valence-corrected chi connectivity index (χ1v) is 7.25. The van der Waals surface area contributed by atoms with E-state index in [1.165, 1.54) is 0 Å². The molecule has 23 heavy (non-hydrogen) atoms. The molecule has 7 nitrogen and oxygen atoms in total. The molecule has 1 aromatic heterocycles. The Morgan fingerprint density at radius 1 is 1.43 bits per heavy atom. The van der Waals surface area contributed by atoms with E-state index in [0.29, 0.717) is 23.6 Å². The van der Waals surface area contributed by atoms with Crippen LogP contribution in [0, 0.1) is 6.92 Å². The van der Waals surface area contributed by atoms with Crippen LogP contribution in [0.15, 0.2) is 35.6 Å². The van der Waals surface area contributed by atoms with Crippen LogP contribution < -0.4 is 10.1 Å². The zero-order valence-electron chi connectivity index (χ0n) is 13.2. The lowest BCUT2D eigenvalue weighted by Gasteiger charge is -2.09. The van der Waals surface area contributed by atoms with Gasteiger partial charge in [0.05, 0.1) is 30.4 Å². The molecule has 1 unspecified atom stereocenters. The number of ether oxygens (including phenoxy) is 1. The maximum Gasteiger partial charge on any atom is 0.268 e. The summed E-state index contributed by atoms with van der Waals surface area (Å²) in [6.45, 7) is 1.88. The molecule has 2 heterocycles. The van der Waals surface area contributed by atoms with Crippen LogP contribution in [0.1, 0.15) is 17.7 Å². The van der Waals surface area contributed by atoms with E-state index in [4.69, 9.17) is 9.57 Å². The van der Waals surface area contributed by atoms with E-state index in [2.05, 4.69) is 15.6 Å². The number of carbonyl (C=O) groups is 1. The summed E-state index contributed by atoms with van der Waals surface area (Å²) in [6, 6.07) is 7.53. The second-order valence-corrected chi connectivity index (χ2v) is 5.29. The van der Waals surface area contributed by atoms with Crippen LogP contribution in [-0.2, 0) is 16.7 Å². The molecule has 1 aliphatic rings. The molecule has 2 aromatic rings. The summed E-state index contributed by atoms with van der Waals surface area (Å²) in [7, 11) is 3.42. The van der Waals surface area contributed by atoms with Crippen molar-refractivity contribution in [1.82, 2.24) is 9.78 Å². The van der Waals surface area contributed by atoms with Gasteiger partial charge in [-0.2, -0.15) is 5.10 Å². The first-order chi connectivity index (χ1) is 11.1. The summed E-state index contributed by atoms with van der Waals surface area (Å²) >= 11 is 0. The van der Waals surface area contributed by atoms with Gasteiger partial charge in [0.2, 0.25) is 6.10 Å². The van der Waals surface area contributed by atoms with Crippen LogP contribution in [0.2, 0.25) is 0 Å². The highest BCUT2D eigenvalue weighted by molar-refractivity contribution is 6.07. The molecule has 1 amide bonds. The van der Waals surface area contributed by atoms with Crippen LogP contribution in [0.4, 0.5) is 5.69 Å². The Labute approximate surface area is 133 Å². The zero-order valence-corrected chi connectivity index (χ0v) is 13.2. The van der Waals surface area contributed by atoms with E-state index in [0.717, 1.165) is 11.3 Å². The quantitative estimate of drug-likeness (QED) is 0.934. The Kier molecular flexibility index (Phi) is 4.01. The molecule has 120 valence electrons. The van der Waals surface area contributed by atoms with Crippen LogP contribution in [0.3, 0.4) is 0 Å². The molecule has 1 N–H and O–H groups in total. The Bertz CT molecular complexity index is 766. The number of hydrogen-bond donors (Lipinski definition) is 1. The molecule has 0 saturated carbocycles. The number of amides is 1. The number of aryl methyl sites for hydroxylation is 1. The van der Waals surface area contributed by atoms with Crippen molar-refractivity contribution in [3.8, 4) is 5.75 Å². The van der Waals surface area contributed by atoms with Gasteiger partial charge in [0.15, 0.2) is 0 Å². The number of nitrogens with one attached hydrogen (secondary N) is 1. The SMILES string of the molecule is COc1ccccc1C1=NOC(C(=O)Nc2cnn(C)c2C)C1. The number of oxime groups is 1. The van der Waals surface area contributed by atoms with E-state index >= 15 is 0 Å². The van der Waals surface area contributed by atoms with Gasteiger partial charge < -0.3 is 14.9 Å². The smallest absolute Gasteiger partial charge is 0.268 e. The van der Waals surface area contributed by atoms with Crippen molar-refractivity contribution in [1.29, 1.82) is 0 Å². The van der Waals surface area contributed by atoms with Crippen LogP contribution in [0.25, 0.3) is 0 Å². The van der Waals surface area contributed by atoms with Crippen molar-refractivity contribution in [3.63, 3.8) is 0 Å². The highest BCUT2D eigenvalue weighted by Gasteiger charge is 2.30. The molecule has 7 heteroatoms. The fourth-order valence-electron chi connectivity index (χ4n) is 2.39. The Balaban J connectivity index is 1.69. The van der Waals surface area contributed by atoms with Crippen LogP contribution in [-0.4, -0.2) is 34.6 Å². The fraction of sp³-hybridized carbons (Fsp3) is 0.312. The van der Waals surface area contributed by atoms with Crippen molar-refractivity contribution in [2.24, 2.45) is 12.2 Å². The lowest BCUT2D eigenvalue weighted by molar-refractivity contribution is -0.125. The molecular formula is C16H18N4O3. The van der Waals surface area contributed by atoms with E-state index < -0.39 is 6.10 Å². The van der Waals surface area contributed by atoms with Gasteiger partial charge in [-0.15, -0.1) is 0 Å².